The highest BCUT2D eigenvalue weighted by atomic mass is 19.1. The van der Waals surface area contributed by atoms with Crippen molar-refractivity contribution in [1.82, 2.24) is 0 Å². The molecule has 1 aromatic rings. The Kier molecular flexibility index (Phi) is 4.42. The van der Waals surface area contributed by atoms with Gasteiger partial charge in [0.2, 0.25) is 0 Å². The van der Waals surface area contributed by atoms with Gasteiger partial charge in [-0.25, -0.2) is 9.18 Å². The van der Waals surface area contributed by atoms with E-state index in [9.17, 15) is 14.0 Å². The third-order valence-electron chi connectivity index (χ3n) is 2.48. The topological polar surface area (TPSA) is 52.6 Å². The van der Waals surface area contributed by atoms with Crippen LogP contribution < -0.4 is 4.74 Å². The van der Waals surface area contributed by atoms with Crippen LogP contribution in [0.25, 0.3) is 0 Å². The van der Waals surface area contributed by atoms with Crippen LogP contribution in [0.3, 0.4) is 0 Å². The predicted molar refractivity (Wildman–Crippen MR) is 63.5 cm³/mol. The summed E-state index contributed by atoms with van der Waals surface area (Å²) in [5.74, 6) is -1.99. The molecule has 5 heteroatoms. The first-order valence-corrected chi connectivity index (χ1v) is 5.42. The summed E-state index contributed by atoms with van der Waals surface area (Å²) < 4.78 is 23.2. The minimum atomic E-state index is -0.811. The van der Waals surface area contributed by atoms with Crippen molar-refractivity contribution >= 4 is 11.8 Å². The van der Waals surface area contributed by atoms with Gasteiger partial charge in [-0.1, -0.05) is 13.8 Å². The first kappa shape index (κ1) is 14.2. The standard InChI is InChI=1S/C13H15FO4/c1-7(2)12(15)9-5-10(14)8(13(16)18-4)6-11(9)17-3/h5-7H,1-4H3. The Hall–Kier alpha value is -1.91. The van der Waals surface area contributed by atoms with Crippen molar-refractivity contribution in [1.29, 1.82) is 0 Å². The molecule has 0 N–H and O–H groups in total. The highest BCUT2D eigenvalue weighted by Crippen LogP contribution is 2.26. The van der Waals surface area contributed by atoms with Crippen molar-refractivity contribution in [2.75, 3.05) is 14.2 Å². The molecule has 0 aliphatic heterocycles. The van der Waals surface area contributed by atoms with E-state index in [-0.39, 0.29) is 28.6 Å². The predicted octanol–water partition coefficient (Wildman–Crippen LogP) is 2.46. The lowest BCUT2D eigenvalue weighted by Gasteiger charge is -2.11. The first-order valence-electron chi connectivity index (χ1n) is 5.42. The molecule has 0 spiro atoms. The molecule has 0 aliphatic rings. The number of carbonyl (C=O) groups excluding carboxylic acids is 2. The van der Waals surface area contributed by atoms with E-state index in [2.05, 4.69) is 4.74 Å². The number of carbonyl (C=O) groups is 2. The zero-order valence-electron chi connectivity index (χ0n) is 10.7. The second-order valence-corrected chi connectivity index (χ2v) is 4.04. The lowest BCUT2D eigenvalue weighted by Crippen LogP contribution is -2.12. The van der Waals surface area contributed by atoms with Crippen LogP contribution in [0.1, 0.15) is 34.6 Å². The van der Waals surface area contributed by atoms with Gasteiger partial charge in [-0.3, -0.25) is 4.79 Å². The van der Waals surface area contributed by atoms with Gasteiger partial charge in [0.15, 0.2) is 5.78 Å². The largest absolute Gasteiger partial charge is 0.496 e. The number of halogens is 1. The highest BCUT2D eigenvalue weighted by molar-refractivity contribution is 6.01. The maximum absolute atomic E-state index is 13.7. The minimum Gasteiger partial charge on any atom is -0.496 e. The Morgan fingerprint density at radius 3 is 2.22 bits per heavy atom. The minimum absolute atomic E-state index is 0.123. The Labute approximate surface area is 105 Å². The van der Waals surface area contributed by atoms with Crippen LogP contribution in [0.15, 0.2) is 12.1 Å². The molecule has 0 atom stereocenters. The van der Waals surface area contributed by atoms with Crippen LogP contribution in [0.2, 0.25) is 0 Å². The Morgan fingerprint density at radius 1 is 1.17 bits per heavy atom. The Balaban J connectivity index is 3.36. The number of hydrogen-bond donors (Lipinski definition) is 0. The lowest BCUT2D eigenvalue weighted by atomic mass is 9.98. The van der Waals surface area contributed by atoms with E-state index < -0.39 is 11.8 Å². The summed E-state index contributed by atoms with van der Waals surface area (Å²) in [6.07, 6.45) is 0. The summed E-state index contributed by atoms with van der Waals surface area (Å²) in [4.78, 5) is 23.2. The van der Waals surface area contributed by atoms with Crippen molar-refractivity contribution < 1.29 is 23.5 Å². The smallest absolute Gasteiger partial charge is 0.340 e. The number of hydrogen-bond acceptors (Lipinski definition) is 4. The van der Waals surface area contributed by atoms with Gasteiger partial charge in [-0.05, 0) is 12.1 Å². The molecule has 0 unspecified atom stereocenters. The van der Waals surface area contributed by atoms with Crippen molar-refractivity contribution in [3.63, 3.8) is 0 Å². The van der Waals surface area contributed by atoms with Crippen molar-refractivity contribution in [3.05, 3.63) is 29.1 Å². The summed E-state index contributed by atoms with van der Waals surface area (Å²) in [5.41, 5.74) is -0.132. The molecule has 0 bridgehead atoms. The van der Waals surface area contributed by atoms with Crippen molar-refractivity contribution in [3.8, 4) is 5.75 Å². The molecule has 0 saturated heterocycles. The summed E-state index contributed by atoms with van der Waals surface area (Å²) in [5, 5.41) is 0. The van der Waals surface area contributed by atoms with E-state index in [1.54, 1.807) is 13.8 Å². The molecule has 0 fully saturated rings. The van der Waals surface area contributed by atoms with Gasteiger partial charge in [0.05, 0.1) is 25.3 Å². The molecule has 0 aromatic heterocycles. The van der Waals surface area contributed by atoms with E-state index >= 15 is 0 Å². The molecular weight excluding hydrogens is 239 g/mol. The SMILES string of the molecule is COC(=O)c1cc(OC)c(C(=O)C(C)C)cc1F. The quantitative estimate of drug-likeness (QED) is 0.611. The molecule has 0 saturated carbocycles. The number of ketones is 1. The fraction of sp³-hybridized carbons (Fsp3) is 0.385. The summed E-state index contributed by atoms with van der Waals surface area (Å²) in [6.45, 7) is 3.40. The first-order chi connectivity index (χ1) is 8.42. The van der Waals surface area contributed by atoms with E-state index in [4.69, 9.17) is 4.74 Å². The van der Waals surface area contributed by atoms with Gasteiger partial charge in [0.1, 0.15) is 11.6 Å². The van der Waals surface area contributed by atoms with Crippen LogP contribution in [0.5, 0.6) is 5.75 Å². The van der Waals surface area contributed by atoms with Gasteiger partial charge in [0, 0.05) is 5.92 Å². The van der Waals surface area contributed by atoms with Crippen molar-refractivity contribution in [2.45, 2.75) is 13.8 Å². The monoisotopic (exact) mass is 254 g/mol. The lowest BCUT2D eigenvalue weighted by molar-refractivity contribution is 0.0594. The molecule has 1 aromatic carbocycles. The summed E-state index contributed by atoms with van der Waals surface area (Å²) in [6, 6.07) is 2.18. The van der Waals surface area contributed by atoms with Gasteiger partial charge < -0.3 is 9.47 Å². The maximum Gasteiger partial charge on any atom is 0.340 e. The molecule has 0 aliphatic carbocycles. The number of esters is 1. The van der Waals surface area contributed by atoms with E-state index in [1.807, 2.05) is 0 Å². The zero-order chi connectivity index (χ0) is 13.9. The molecule has 0 heterocycles. The fourth-order valence-corrected chi connectivity index (χ4v) is 1.49. The van der Waals surface area contributed by atoms with E-state index in [0.29, 0.717) is 0 Å². The Bertz CT molecular complexity index is 480. The number of Topliss-reactive ketones (excluding diaryl/α,β-unsaturated/α-hetero) is 1. The molecular formula is C13H15FO4. The normalized spacial score (nSPS) is 10.3. The third kappa shape index (κ3) is 2.67. The molecule has 1 rings (SSSR count). The fourth-order valence-electron chi connectivity index (χ4n) is 1.49. The highest BCUT2D eigenvalue weighted by Gasteiger charge is 2.21. The van der Waals surface area contributed by atoms with Gasteiger partial charge in [-0.2, -0.15) is 0 Å². The molecule has 4 nitrogen and oxygen atoms in total. The molecule has 98 valence electrons. The van der Waals surface area contributed by atoms with Crippen LogP contribution >= 0.6 is 0 Å². The average molecular weight is 254 g/mol. The second kappa shape index (κ2) is 5.62. The average Bonchev–Trinajstić information content (AvgIpc) is 2.36. The molecule has 18 heavy (non-hydrogen) atoms. The van der Waals surface area contributed by atoms with Crippen LogP contribution in [-0.2, 0) is 4.74 Å². The van der Waals surface area contributed by atoms with Gasteiger partial charge >= 0.3 is 5.97 Å². The zero-order valence-corrected chi connectivity index (χ0v) is 10.7. The Morgan fingerprint density at radius 2 is 1.78 bits per heavy atom. The number of rotatable bonds is 4. The molecule has 0 radical (unpaired) electrons. The molecule has 0 amide bonds. The van der Waals surface area contributed by atoms with Crippen LogP contribution in [0, 0.1) is 11.7 Å². The summed E-state index contributed by atoms with van der Waals surface area (Å²) >= 11 is 0. The van der Waals surface area contributed by atoms with Crippen LogP contribution in [-0.4, -0.2) is 26.0 Å². The van der Waals surface area contributed by atoms with Gasteiger partial charge in [-0.15, -0.1) is 0 Å². The number of methoxy groups -OCH3 is 2. The van der Waals surface area contributed by atoms with E-state index in [1.165, 1.54) is 13.2 Å². The number of benzene rings is 1. The third-order valence-corrected chi connectivity index (χ3v) is 2.48. The van der Waals surface area contributed by atoms with E-state index in [0.717, 1.165) is 13.2 Å². The van der Waals surface area contributed by atoms with Crippen LogP contribution in [0.4, 0.5) is 4.39 Å². The second-order valence-electron chi connectivity index (χ2n) is 4.04. The maximum atomic E-state index is 13.7. The number of ether oxygens (including phenoxy) is 2. The summed E-state index contributed by atoms with van der Waals surface area (Å²) in [7, 11) is 2.51. The van der Waals surface area contributed by atoms with Crippen molar-refractivity contribution in [2.24, 2.45) is 5.92 Å². The van der Waals surface area contributed by atoms with Gasteiger partial charge in [0.25, 0.3) is 0 Å².